The van der Waals surface area contributed by atoms with Gasteiger partial charge in [-0.2, -0.15) is 0 Å². The number of hydrogen-bond donors (Lipinski definition) is 1. The minimum absolute atomic E-state index is 0.0597. The molecule has 0 radical (unpaired) electrons. The first kappa shape index (κ1) is 15.1. The second-order valence-electron chi connectivity index (χ2n) is 9.03. The highest BCUT2D eigenvalue weighted by Gasteiger charge is 2.80. The Labute approximate surface area is 153 Å². The van der Waals surface area contributed by atoms with E-state index in [1.807, 2.05) is 6.07 Å². The summed E-state index contributed by atoms with van der Waals surface area (Å²) in [4.78, 5) is 28.2. The third-order valence-corrected chi connectivity index (χ3v) is 8.45. The van der Waals surface area contributed by atoms with Crippen molar-refractivity contribution >= 4 is 17.6 Å². The van der Waals surface area contributed by atoms with Gasteiger partial charge in [-0.3, -0.25) is 9.59 Å². The Morgan fingerprint density at radius 3 is 2.96 bits per heavy atom. The Balaban J connectivity index is 1.67. The number of anilines is 1. The summed E-state index contributed by atoms with van der Waals surface area (Å²) < 4.78 is 5.27. The van der Waals surface area contributed by atoms with E-state index in [9.17, 15) is 9.59 Å². The van der Waals surface area contributed by atoms with Crippen LogP contribution in [0, 0.1) is 11.3 Å². The van der Waals surface area contributed by atoms with Gasteiger partial charge in [0.05, 0.1) is 24.0 Å². The molecule has 1 amide bonds. The molecule has 26 heavy (non-hydrogen) atoms. The summed E-state index contributed by atoms with van der Waals surface area (Å²) in [5.41, 5.74) is 1.73. The van der Waals surface area contributed by atoms with E-state index in [1.165, 1.54) is 12.7 Å². The number of esters is 1. The van der Waals surface area contributed by atoms with E-state index >= 15 is 0 Å². The molecular weight excluding hydrogens is 328 g/mol. The molecule has 5 nitrogen and oxygen atoms in total. The Hall–Kier alpha value is -2.04. The number of para-hydroxylation sites is 1. The Morgan fingerprint density at radius 2 is 2.12 bits per heavy atom. The zero-order chi connectivity index (χ0) is 17.7. The van der Waals surface area contributed by atoms with Crippen molar-refractivity contribution in [1.82, 2.24) is 4.90 Å². The maximum Gasteiger partial charge on any atom is 0.311 e. The molecule has 5 atom stereocenters. The van der Waals surface area contributed by atoms with E-state index < -0.39 is 5.54 Å². The average Bonchev–Trinajstić information content (AvgIpc) is 3.14. The Kier molecular flexibility index (Phi) is 2.57. The fourth-order valence-electron chi connectivity index (χ4n) is 7.80. The van der Waals surface area contributed by atoms with E-state index in [0.717, 1.165) is 44.3 Å². The van der Waals surface area contributed by atoms with Gasteiger partial charge in [-0.05, 0) is 49.1 Å². The lowest BCUT2D eigenvalue weighted by Gasteiger charge is -2.68. The smallest absolute Gasteiger partial charge is 0.311 e. The van der Waals surface area contributed by atoms with Gasteiger partial charge < -0.3 is 15.0 Å². The Morgan fingerprint density at radius 1 is 1.27 bits per heavy atom. The van der Waals surface area contributed by atoms with Gasteiger partial charge in [-0.25, -0.2) is 0 Å². The molecule has 5 heteroatoms. The first-order valence-electron chi connectivity index (χ1n) is 9.83. The second kappa shape index (κ2) is 4.44. The van der Waals surface area contributed by atoms with E-state index in [2.05, 4.69) is 28.4 Å². The van der Waals surface area contributed by atoms with Crippen molar-refractivity contribution in [1.29, 1.82) is 0 Å². The third kappa shape index (κ3) is 1.34. The quantitative estimate of drug-likeness (QED) is 0.789. The lowest BCUT2D eigenvalue weighted by atomic mass is 9.39. The van der Waals surface area contributed by atoms with Crippen LogP contribution in [0.4, 0.5) is 5.69 Å². The van der Waals surface area contributed by atoms with Crippen molar-refractivity contribution in [2.24, 2.45) is 11.3 Å². The number of hydrogen-bond acceptors (Lipinski definition) is 4. The van der Waals surface area contributed by atoms with Gasteiger partial charge in [-0.1, -0.05) is 18.2 Å². The number of nitrogens with one attached hydrogen (secondary N) is 1. The number of nitrogens with zero attached hydrogens (tertiary/aromatic N) is 1. The van der Waals surface area contributed by atoms with Gasteiger partial charge >= 0.3 is 5.97 Å². The number of amides is 1. The summed E-state index contributed by atoms with van der Waals surface area (Å²) in [6.07, 6.45) is 5.58. The molecule has 1 aromatic rings. The molecule has 3 aliphatic carbocycles. The highest BCUT2D eigenvalue weighted by Crippen LogP contribution is 2.74. The van der Waals surface area contributed by atoms with Crippen LogP contribution in [-0.4, -0.2) is 42.0 Å². The molecule has 0 aromatic heterocycles. The maximum absolute atomic E-state index is 13.1. The lowest BCUT2D eigenvalue weighted by molar-refractivity contribution is -0.172. The SMILES string of the molecule is COC(=O)C1CC23CCCN4C(=O)CC5(c6ccccc6NC15CC2)C43. The number of rotatable bonds is 1. The average molecular weight is 352 g/mol. The summed E-state index contributed by atoms with van der Waals surface area (Å²) in [6, 6.07) is 8.64. The summed E-state index contributed by atoms with van der Waals surface area (Å²) in [7, 11) is 1.50. The predicted molar refractivity (Wildman–Crippen MR) is 95.6 cm³/mol. The van der Waals surface area contributed by atoms with Gasteiger partial charge in [-0.15, -0.1) is 0 Å². The molecule has 3 aliphatic heterocycles. The molecule has 136 valence electrons. The molecule has 5 unspecified atom stereocenters. The van der Waals surface area contributed by atoms with Crippen LogP contribution in [0.1, 0.15) is 44.1 Å². The molecule has 6 aliphatic rings. The molecule has 2 saturated heterocycles. The predicted octanol–water partition coefficient (Wildman–Crippen LogP) is 2.46. The van der Waals surface area contributed by atoms with Crippen LogP contribution in [0.5, 0.6) is 0 Å². The van der Waals surface area contributed by atoms with Crippen molar-refractivity contribution in [2.75, 3.05) is 19.0 Å². The zero-order valence-electron chi connectivity index (χ0n) is 15.1. The summed E-state index contributed by atoms with van der Waals surface area (Å²) in [6.45, 7) is 0.869. The fraction of sp³-hybridized carbons (Fsp3) is 0.619. The van der Waals surface area contributed by atoms with Crippen LogP contribution >= 0.6 is 0 Å². The lowest BCUT2D eigenvalue weighted by Crippen LogP contribution is -2.76. The summed E-state index contributed by atoms with van der Waals surface area (Å²) in [5.74, 6) is -0.0243. The van der Waals surface area contributed by atoms with Gasteiger partial charge in [0.1, 0.15) is 0 Å². The van der Waals surface area contributed by atoms with E-state index in [1.54, 1.807) is 0 Å². The normalized spacial score (nSPS) is 44.2. The fourth-order valence-corrected chi connectivity index (χ4v) is 7.80. The molecule has 2 bridgehead atoms. The molecule has 3 spiro atoms. The number of benzene rings is 1. The van der Waals surface area contributed by atoms with Crippen LogP contribution in [0.3, 0.4) is 0 Å². The highest BCUT2D eigenvalue weighted by molar-refractivity contribution is 5.89. The molecule has 1 aromatic carbocycles. The van der Waals surface area contributed by atoms with Gasteiger partial charge in [0.25, 0.3) is 0 Å². The Bertz CT molecular complexity index is 853. The maximum atomic E-state index is 13.1. The molecule has 5 fully saturated rings. The van der Waals surface area contributed by atoms with Crippen molar-refractivity contribution in [2.45, 2.75) is 55.5 Å². The van der Waals surface area contributed by atoms with Gasteiger partial charge in [0.2, 0.25) is 5.91 Å². The molecule has 3 heterocycles. The van der Waals surface area contributed by atoms with Crippen molar-refractivity contribution in [3.8, 4) is 0 Å². The van der Waals surface area contributed by atoms with Crippen LogP contribution in [-0.2, 0) is 19.7 Å². The standard InChI is InChI=1S/C21H24N2O3/c1-26-17(25)14-11-19-7-4-10-23-16(24)12-20(18(19)23)13-5-2-3-6-15(13)22-21(14,20)9-8-19/h2-3,5-6,14,18,22H,4,7-12H2,1H3. The van der Waals surface area contributed by atoms with Crippen molar-refractivity contribution in [3.05, 3.63) is 29.8 Å². The third-order valence-electron chi connectivity index (χ3n) is 8.45. The number of carbonyl (C=O) groups excluding carboxylic acids is 2. The zero-order valence-corrected chi connectivity index (χ0v) is 15.1. The van der Waals surface area contributed by atoms with E-state index in [-0.39, 0.29) is 34.7 Å². The number of piperidine rings is 1. The van der Waals surface area contributed by atoms with Crippen LogP contribution in [0.25, 0.3) is 0 Å². The monoisotopic (exact) mass is 352 g/mol. The van der Waals surface area contributed by atoms with Crippen LogP contribution in [0.2, 0.25) is 0 Å². The molecule has 7 rings (SSSR count). The minimum Gasteiger partial charge on any atom is -0.469 e. The largest absolute Gasteiger partial charge is 0.469 e. The van der Waals surface area contributed by atoms with Crippen LogP contribution < -0.4 is 5.32 Å². The molecular formula is C21H24N2O3. The summed E-state index contributed by atoms with van der Waals surface area (Å²) in [5, 5.41) is 3.79. The van der Waals surface area contributed by atoms with Gasteiger partial charge in [0.15, 0.2) is 0 Å². The topological polar surface area (TPSA) is 58.6 Å². The molecule has 3 saturated carbocycles. The number of carbonyl (C=O) groups is 2. The first-order chi connectivity index (χ1) is 12.6. The van der Waals surface area contributed by atoms with Crippen molar-refractivity contribution in [3.63, 3.8) is 0 Å². The number of ether oxygens (including phenoxy) is 1. The van der Waals surface area contributed by atoms with Crippen LogP contribution in [0.15, 0.2) is 24.3 Å². The molecule has 1 N–H and O–H groups in total. The summed E-state index contributed by atoms with van der Waals surface area (Å²) >= 11 is 0. The van der Waals surface area contributed by atoms with E-state index in [0.29, 0.717) is 6.42 Å². The highest BCUT2D eigenvalue weighted by atomic mass is 16.5. The minimum atomic E-state index is -0.391. The first-order valence-corrected chi connectivity index (χ1v) is 9.83. The van der Waals surface area contributed by atoms with E-state index in [4.69, 9.17) is 4.74 Å². The van der Waals surface area contributed by atoms with Crippen molar-refractivity contribution < 1.29 is 14.3 Å². The number of methoxy groups -OCH3 is 1. The van der Waals surface area contributed by atoms with Gasteiger partial charge in [0, 0.05) is 24.7 Å². The second-order valence-corrected chi connectivity index (χ2v) is 9.03. The number of fused-ring (bicyclic) bond motifs is 3.